The molecule has 2 aromatic heterocycles. The van der Waals surface area contributed by atoms with Crippen LogP contribution in [0.4, 0.5) is 24.9 Å². The maximum atomic E-state index is 12.8. The topological polar surface area (TPSA) is 135 Å². The third-order valence-corrected chi connectivity index (χ3v) is 6.61. The Kier molecular flexibility index (Phi) is 5.85. The van der Waals surface area contributed by atoms with Gasteiger partial charge in [-0.15, -0.1) is 0 Å². The van der Waals surface area contributed by atoms with Crippen LogP contribution in [0.1, 0.15) is 48.2 Å². The molecule has 5 rings (SSSR count). The van der Waals surface area contributed by atoms with Crippen LogP contribution in [0.25, 0.3) is 0 Å². The largest absolute Gasteiger partial charge is 0.474 e. The number of pyridine rings is 1. The number of nitrogens with zero attached hydrogens (tertiary/aromatic N) is 4. The molecule has 0 unspecified atom stereocenters. The van der Waals surface area contributed by atoms with Crippen LogP contribution < -0.4 is 26.0 Å². The number of hydrogen-bond donors (Lipinski definition) is 3. The number of halogens is 3. The van der Waals surface area contributed by atoms with Gasteiger partial charge in [-0.05, 0) is 25.3 Å². The molecule has 0 radical (unpaired) electrons. The second-order valence-corrected chi connectivity index (χ2v) is 8.97. The maximum Gasteiger partial charge on any atom is 0.417 e. The summed E-state index contributed by atoms with van der Waals surface area (Å²) in [4.78, 5) is 38.7. The molecule has 4 N–H and O–H groups in total. The minimum Gasteiger partial charge on any atom is -0.474 e. The fourth-order valence-electron chi connectivity index (χ4n) is 5.00. The lowest BCUT2D eigenvalue weighted by molar-refractivity contribution is -0.137. The van der Waals surface area contributed by atoms with Crippen molar-refractivity contribution in [2.24, 2.45) is 5.73 Å². The van der Waals surface area contributed by atoms with Crippen LogP contribution in [0.2, 0.25) is 0 Å². The van der Waals surface area contributed by atoms with E-state index < -0.39 is 23.7 Å². The van der Waals surface area contributed by atoms with Gasteiger partial charge in [0.25, 0.3) is 5.91 Å². The molecule has 3 aliphatic rings. The number of alkyl halides is 3. The quantitative estimate of drug-likeness (QED) is 0.557. The second kappa shape index (κ2) is 8.86. The van der Waals surface area contributed by atoms with Crippen LogP contribution in [0.15, 0.2) is 24.4 Å². The highest BCUT2D eigenvalue weighted by Crippen LogP contribution is 2.39. The van der Waals surface area contributed by atoms with Crippen LogP contribution in [0.3, 0.4) is 0 Å². The zero-order chi connectivity index (χ0) is 24.7. The number of nitrogens with two attached hydrogens (primary N) is 1. The summed E-state index contributed by atoms with van der Waals surface area (Å²) in [6.45, 7) is 0.558. The zero-order valence-electron chi connectivity index (χ0n) is 18.6. The van der Waals surface area contributed by atoms with Gasteiger partial charge in [-0.1, -0.05) is 0 Å². The first-order chi connectivity index (χ1) is 16.7. The van der Waals surface area contributed by atoms with E-state index in [1.807, 2.05) is 4.90 Å². The molecule has 2 aromatic rings. The summed E-state index contributed by atoms with van der Waals surface area (Å²) >= 11 is 0. The van der Waals surface area contributed by atoms with Crippen LogP contribution in [0.5, 0.6) is 5.88 Å². The van der Waals surface area contributed by atoms with E-state index in [1.165, 1.54) is 12.1 Å². The Bertz CT molecular complexity index is 1110. The van der Waals surface area contributed by atoms with Gasteiger partial charge in [0.1, 0.15) is 23.7 Å². The summed E-state index contributed by atoms with van der Waals surface area (Å²) < 4.78 is 44.2. The second-order valence-electron chi connectivity index (χ2n) is 8.97. The molecule has 10 nitrogen and oxygen atoms in total. The average molecular weight is 491 g/mol. The van der Waals surface area contributed by atoms with E-state index >= 15 is 0 Å². The van der Waals surface area contributed by atoms with E-state index in [4.69, 9.17) is 10.5 Å². The van der Waals surface area contributed by atoms with Gasteiger partial charge in [-0.3, -0.25) is 9.59 Å². The van der Waals surface area contributed by atoms with Crippen molar-refractivity contribution in [3.63, 3.8) is 0 Å². The van der Waals surface area contributed by atoms with Crippen LogP contribution >= 0.6 is 0 Å². The van der Waals surface area contributed by atoms with E-state index in [2.05, 4.69) is 25.6 Å². The summed E-state index contributed by atoms with van der Waals surface area (Å²) in [5, 5.41) is 5.80. The molecule has 4 atom stereocenters. The van der Waals surface area contributed by atoms with Crippen molar-refractivity contribution in [1.29, 1.82) is 0 Å². The van der Waals surface area contributed by atoms with E-state index in [1.54, 1.807) is 0 Å². The average Bonchev–Trinajstić information content (AvgIpc) is 3.33. The molecule has 0 saturated carbocycles. The number of piperidine rings is 1. The van der Waals surface area contributed by atoms with Crippen LogP contribution in [-0.4, -0.2) is 57.5 Å². The van der Waals surface area contributed by atoms with Crippen LogP contribution in [0, 0.1) is 0 Å². The smallest absolute Gasteiger partial charge is 0.417 e. The number of aromatic nitrogens is 3. The van der Waals surface area contributed by atoms with Gasteiger partial charge < -0.3 is 26.0 Å². The third kappa shape index (κ3) is 4.80. The fraction of sp³-hybridized carbons (Fsp3) is 0.500. The Balaban J connectivity index is 1.32. The molecule has 3 fully saturated rings. The Labute approximate surface area is 198 Å². The molecule has 2 amide bonds. The lowest BCUT2D eigenvalue weighted by atomic mass is 10.00. The van der Waals surface area contributed by atoms with Crippen molar-refractivity contribution in [1.82, 2.24) is 20.3 Å². The number of fused-ring (bicyclic) bond motifs is 2. The molecule has 0 aromatic carbocycles. The zero-order valence-corrected chi connectivity index (χ0v) is 18.6. The van der Waals surface area contributed by atoms with Gasteiger partial charge in [-0.2, -0.15) is 18.2 Å². The molecule has 3 aliphatic heterocycles. The summed E-state index contributed by atoms with van der Waals surface area (Å²) in [5.74, 6) is -0.00486. The van der Waals surface area contributed by atoms with E-state index in [-0.39, 0.29) is 35.7 Å². The van der Waals surface area contributed by atoms with Crippen molar-refractivity contribution in [3.8, 4) is 5.88 Å². The first kappa shape index (κ1) is 23.1. The van der Waals surface area contributed by atoms with Crippen molar-refractivity contribution < 1.29 is 27.5 Å². The molecule has 3 saturated heterocycles. The summed E-state index contributed by atoms with van der Waals surface area (Å²) in [6, 6.07) is 3.19. The number of primary amides is 1. The molecular formula is C22H24F3N7O3. The van der Waals surface area contributed by atoms with Gasteiger partial charge in [0.05, 0.1) is 5.56 Å². The molecule has 186 valence electrons. The number of carbonyl (C=O) groups is 2. The van der Waals surface area contributed by atoms with Crippen LogP contribution in [-0.2, 0) is 11.0 Å². The van der Waals surface area contributed by atoms with E-state index in [0.717, 1.165) is 25.1 Å². The Morgan fingerprint density at radius 2 is 1.91 bits per heavy atom. The highest BCUT2D eigenvalue weighted by atomic mass is 19.4. The number of anilines is 2. The van der Waals surface area contributed by atoms with Crippen molar-refractivity contribution in [3.05, 3.63) is 35.7 Å². The molecule has 0 aliphatic carbocycles. The summed E-state index contributed by atoms with van der Waals surface area (Å²) in [5.41, 5.74) is 4.71. The lowest BCUT2D eigenvalue weighted by Gasteiger charge is -2.38. The monoisotopic (exact) mass is 491 g/mol. The van der Waals surface area contributed by atoms with Gasteiger partial charge >= 0.3 is 6.18 Å². The number of amides is 2. The first-order valence-corrected chi connectivity index (χ1v) is 11.4. The molecule has 13 heteroatoms. The first-order valence-electron chi connectivity index (χ1n) is 11.4. The normalized spacial score (nSPS) is 25.9. The number of hydrogen-bond acceptors (Lipinski definition) is 8. The van der Waals surface area contributed by atoms with Crippen molar-refractivity contribution in [2.45, 2.75) is 62.5 Å². The highest BCUT2D eigenvalue weighted by Gasteiger charge is 2.43. The molecular weight excluding hydrogens is 467 g/mol. The predicted molar refractivity (Wildman–Crippen MR) is 118 cm³/mol. The third-order valence-electron chi connectivity index (χ3n) is 6.61. The summed E-state index contributed by atoms with van der Waals surface area (Å²) in [6.07, 6.45) is -0.436. The van der Waals surface area contributed by atoms with E-state index in [0.29, 0.717) is 37.6 Å². The van der Waals surface area contributed by atoms with Gasteiger partial charge in [0, 0.05) is 49.8 Å². The van der Waals surface area contributed by atoms with Gasteiger partial charge in [0.2, 0.25) is 17.7 Å². The molecule has 2 bridgehead atoms. The highest BCUT2D eigenvalue weighted by molar-refractivity contribution is 5.92. The Hall–Kier alpha value is -3.64. The fourth-order valence-corrected chi connectivity index (χ4v) is 5.00. The molecule has 35 heavy (non-hydrogen) atoms. The minimum atomic E-state index is -4.45. The number of ether oxygens (including phenoxy) is 1. The van der Waals surface area contributed by atoms with E-state index in [9.17, 15) is 22.8 Å². The lowest BCUT2D eigenvalue weighted by Crippen LogP contribution is -2.47. The van der Waals surface area contributed by atoms with Gasteiger partial charge in [-0.25, -0.2) is 9.97 Å². The Morgan fingerprint density at radius 1 is 1.17 bits per heavy atom. The predicted octanol–water partition coefficient (Wildman–Crippen LogP) is 1.87. The number of rotatable bonds is 6. The minimum absolute atomic E-state index is 0.0129. The van der Waals surface area contributed by atoms with Crippen molar-refractivity contribution >= 4 is 23.6 Å². The molecule has 5 heterocycles. The van der Waals surface area contributed by atoms with Crippen molar-refractivity contribution in [2.75, 3.05) is 16.8 Å². The standard InChI is InChI=1S/C22H24F3N7O3/c23-22(24,25)11-1-4-18(28-10-11)35-14-7-12-2-3-13(8-14)32(12)21-30-16(19(26)33)9-17(31-21)29-15-5-6-27-20(15)34/h1,4,9-10,12-15H,2-3,5-8H2,(H2,26,33)(H,27,34)(H,29,30,31)/t12-,13+,14-,15-/m0/s1. The Morgan fingerprint density at radius 3 is 2.49 bits per heavy atom. The molecule has 0 spiro atoms. The number of nitrogens with one attached hydrogen (secondary N) is 2. The summed E-state index contributed by atoms with van der Waals surface area (Å²) in [7, 11) is 0. The number of carbonyl (C=O) groups excluding carboxylic acids is 2. The maximum absolute atomic E-state index is 12.8. The van der Waals surface area contributed by atoms with Gasteiger partial charge in [0.15, 0.2) is 0 Å². The SMILES string of the molecule is NC(=O)c1cc(N[C@H]2CCNC2=O)nc(N2[C@@H]3CC[C@H]2C[C@H](Oc2ccc(C(F)(F)F)cn2)C3)n1.